The minimum Gasteiger partial charge on any atom is -0.497 e. The van der Waals surface area contributed by atoms with E-state index in [9.17, 15) is 8.42 Å². The minimum atomic E-state index is -3.74. The van der Waals surface area contributed by atoms with Gasteiger partial charge in [-0.15, -0.1) is 4.40 Å². The molecule has 1 aromatic heterocycles. The van der Waals surface area contributed by atoms with Crippen LogP contribution in [0, 0.1) is 0 Å². The molecular formula is C20H19N3O4S. The number of benzene rings is 2. The highest BCUT2D eigenvalue weighted by Crippen LogP contribution is 2.28. The van der Waals surface area contributed by atoms with Crippen LogP contribution in [0.15, 0.2) is 76.2 Å². The number of hydrogen-bond donors (Lipinski definition) is 1. The molecule has 0 unspecified atom stereocenters. The normalized spacial score (nSPS) is 14.5. The molecule has 0 spiro atoms. The van der Waals surface area contributed by atoms with Crippen LogP contribution in [-0.4, -0.2) is 32.5 Å². The van der Waals surface area contributed by atoms with E-state index >= 15 is 0 Å². The lowest BCUT2D eigenvalue weighted by Crippen LogP contribution is -2.25. The second kappa shape index (κ2) is 7.40. The lowest BCUT2D eigenvalue weighted by atomic mass is 10.3. The van der Waals surface area contributed by atoms with Crippen molar-refractivity contribution >= 4 is 21.5 Å². The number of sulfonamides is 1. The molecule has 0 amide bonds. The molecule has 28 heavy (non-hydrogen) atoms. The average molecular weight is 397 g/mol. The first kappa shape index (κ1) is 18.1. The first-order valence-corrected chi connectivity index (χ1v) is 10.1. The Labute approximate surface area is 163 Å². The molecule has 3 aromatic rings. The third-order valence-electron chi connectivity index (χ3n) is 4.36. The van der Waals surface area contributed by atoms with Crippen molar-refractivity contribution in [2.75, 3.05) is 19.0 Å². The summed E-state index contributed by atoms with van der Waals surface area (Å²) >= 11 is 0. The molecule has 1 aliphatic heterocycles. The zero-order chi connectivity index (χ0) is 19.6. The molecular weight excluding hydrogens is 378 g/mol. The Morgan fingerprint density at radius 2 is 1.75 bits per heavy atom. The zero-order valence-corrected chi connectivity index (χ0v) is 16.0. The highest BCUT2D eigenvalue weighted by atomic mass is 32.2. The maximum Gasteiger partial charge on any atom is 0.286 e. The van der Waals surface area contributed by atoms with Gasteiger partial charge in [0.05, 0.1) is 25.0 Å². The van der Waals surface area contributed by atoms with Crippen molar-refractivity contribution in [3.63, 3.8) is 0 Å². The molecule has 7 nitrogen and oxygen atoms in total. The van der Waals surface area contributed by atoms with Gasteiger partial charge in [-0.3, -0.25) is 0 Å². The molecule has 144 valence electrons. The molecule has 0 aliphatic carbocycles. The molecule has 0 saturated carbocycles. The maximum absolute atomic E-state index is 12.5. The van der Waals surface area contributed by atoms with Crippen molar-refractivity contribution < 1.29 is 17.9 Å². The van der Waals surface area contributed by atoms with E-state index in [1.54, 1.807) is 31.4 Å². The average Bonchev–Trinajstić information content (AvgIpc) is 3.17. The van der Waals surface area contributed by atoms with E-state index in [-0.39, 0.29) is 4.90 Å². The largest absolute Gasteiger partial charge is 0.497 e. The Hall–Kier alpha value is -3.26. The molecule has 2 aromatic carbocycles. The van der Waals surface area contributed by atoms with Crippen LogP contribution in [-0.2, 0) is 16.6 Å². The summed E-state index contributed by atoms with van der Waals surface area (Å²) in [6, 6.07) is 17.7. The zero-order valence-electron chi connectivity index (χ0n) is 15.2. The third-order valence-corrected chi connectivity index (χ3v) is 5.70. The predicted molar refractivity (Wildman–Crippen MR) is 107 cm³/mol. The van der Waals surface area contributed by atoms with E-state index in [1.165, 1.54) is 0 Å². The number of amidine groups is 1. The molecule has 4 rings (SSSR count). The summed E-state index contributed by atoms with van der Waals surface area (Å²) in [7, 11) is -2.12. The number of nitrogens with one attached hydrogen (secondary N) is 1. The summed E-state index contributed by atoms with van der Waals surface area (Å²) < 4.78 is 41.7. The number of para-hydroxylation sites is 1. The highest BCUT2D eigenvalue weighted by Gasteiger charge is 2.26. The smallest absolute Gasteiger partial charge is 0.286 e. The van der Waals surface area contributed by atoms with Crippen LogP contribution in [0.3, 0.4) is 0 Å². The van der Waals surface area contributed by atoms with Crippen LogP contribution in [0.2, 0.25) is 0 Å². The lowest BCUT2D eigenvalue weighted by molar-refractivity contribution is 0.297. The van der Waals surface area contributed by atoms with E-state index in [4.69, 9.17) is 9.47 Å². The number of nitrogens with zero attached hydrogens (tertiary/aromatic N) is 2. The van der Waals surface area contributed by atoms with Gasteiger partial charge in [0.2, 0.25) is 0 Å². The molecule has 1 aliphatic rings. The Bertz CT molecular complexity index is 1120. The van der Waals surface area contributed by atoms with Crippen molar-refractivity contribution in [1.82, 2.24) is 4.57 Å². The number of fused-ring (bicyclic) bond motifs is 1. The summed E-state index contributed by atoms with van der Waals surface area (Å²) in [6.07, 6.45) is 1.87. The number of ether oxygens (including phenoxy) is 2. The fraction of sp³-hybridized carbons (Fsp3) is 0.150. The standard InChI is InChI=1S/C20H19N3O4S/c1-26-15-8-10-16(11-9-15)27-14-13-23-12-4-6-18(23)20-21-17-5-2-3-7-19(17)28(24,25)22-20/h2-12H,13-14H2,1H3,(H,21,22). The fourth-order valence-corrected chi connectivity index (χ4v) is 4.11. The van der Waals surface area contributed by atoms with Gasteiger partial charge in [-0.25, -0.2) is 0 Å². The van der Waals surface area contributed by atoms with Crippen molar-refractivity contribution in [3.05, 3.63) is 72.6 Å². The van der Waals surface area contributed by atoms with Crippen molar-refractivity contribution in [3.8, 4) is 11.5 Å². The van der Waals surface area contributed by atoms with Gasteiger partial charge in [-0.2, -0.15) is 8.42 Å². The molecule has 0 fully saturated rings. The first-order valence-electron chi connectivity index (χ1n) is 8.70. The number of aromatic nitrogens is 1. The van der Waals surface area contributed by atoms with Gasteiger partial charge in [0, 0.05) is 6.20 Å². The van der Waals surface area contributed by atoms with E-state index < -0.39 is 10.0 Å². The maximum atomic E-state index is 12.5. The first-order chi connectivity index (χ1) is 13.6. The summed E-state index contributed by atoms with van der Waals surface area (Å²) in [5, 5.41) is 3.11. The SMILES string of the molecule is COc1ccc(OCCn2cccc2C2=NS(=O)(=O)c3ccccc3N2)cc1. The van der Waals surface area contributed by atoms with Crippen LogP contribution in [0.4, 0.5) is 5.69 Å². The molecule has 8 heteroatoms. The van der Waals surface area contributed by atoms with E-state index in [0.29, 0.717) is 30.4 Å². The topological polar surface area (TPSA) is 81.9 Å². The van der Waals surface area contributed by atoms with Gasteiger partial charge < -0.3 is 19.4 Å². The van der Waals surface area contributed by atoms with Crippen LogP contribution in [0.1, 0.15) is 5.69 Å². The number of rotatable bonds is 6. The molecule has 0 radical (unpaired) electrons. The quantitative estimate of drug-likeness (QED) is 0.691. The molecule has 0 bridgehead atoms. The Morgan fingerprint density at radius 1 is 1.00 bits per heavy atom. The Balaban J connectivity index is 1.49. The predicted octanol–water partition coefficient (Wildman–Crippen LogP) is 3.14. The van der Waals surface area contributed by atoms with Crippen molar-refractivity contribution in [2.24, 2.45) is 4.40 Å². The fourth-order valence-electron chi connectivity index (χ4n) is 2.98. The lowest BCUT2D eigenvalue weighted by Gasteiger charge is -2.19. The molecule has 0 saturated heterocycles. The highest BCUT2D eigenvalue weighted by molar-refractivity contribution is 7.90. The second-order valence-corrected chi connectivity index (χ2v) is 7.72. The van der Waals surface area contributed by atoms with Crippen molar-refractivity contribution in [2.45, 2.75) is 11.4 Å². The molecule has 0 atom stereocenters. The molecule has 2 heterocycles. The van der Waals surface area contributed by atoms with Gasteiger partial charge in [-0.05, 0) is 48.5 Å². The van der Waals surface area contributed by atoms with Crippen LogP contribution < -0.4 is 14.8 Å². The molecule has 1 N–H and O–H groups in total. The van der Waals surface area contributed by atoms with Crippen LogP contribution >= 0.6 is 0 Å². The second-order valence-electron chi connectivity index (χ2n) is 6.15. The van der Waals surface area contributed by atoms with Gasteiger partial charge in [0.1, 0.15) is 23.0 Å². The summed E-state index contributed by atoms with van der Waals surface area (Å²) in [6.45, 7) is 0.960. The third kappa shape index (κ3) is 3.59. The van der Waals surface area contributed by atoms with E-state index in [1.807, 2.05) is 47.2 Å². The number of methoxy groups -OCH3 is 1. The van der Waals surface area contributed by atoms with E-state index in [2.05, 4.69) is 9.71 Å². The summed E-state index contributed by atoms with van der Waals surface area (Å²) in [5.41, 5.74) is 1.20. The van der Waals surface area contributed by atoms with Crippen molar-refractivity contribution in [1.29, 1.82) is 0 Å². The van der Waals surface area contributed by atoms with Crippen LogP contribution in [0.5, 0.6) is 11.5 Å². The minimum absolute atomic E-state index is 0.180. The Kier molecular flexibility index (Phi) is 4.79. The monoisotopic (exact) mass is 397 g/mol. The summed E-state index contributed by atoms with van der Waals surface area (Å²) in [4.78, 5) is 0.180. The number of hydrogen-bond acceptors (Lipinski definition) is 5. The van der Waals surface area contributed by atoms with E-state index in [0.717, 1.165) is 11.5 Å². The van der Waals surface area contributed by atoms with Gasteiger partial charge >= 0.3 is 0 Å². The van der Waals surface area contributed by atoms with Gasteiger partial charge in [0.15, 0.2) is 5.84 Å². The van der Waals surface area contributed by atoms with Gasteiger partial charge in [-0.1, -0.05) is 12.1 Å². The van der Waals surface area contributed by atoms with Crippen LogP contribution in [0.25, 0.3) is 0 Å². The Morgan fingerprint density at radius 3 is 2.54 bits per heavy atom. The van der Waals surface area contributed by atoms with Gasteiger partial charge in [0.25, 0.3) is 10.0 Å². The number of anilines is 1. The summed E-state index contributed by atoms with van der Waals surface area (Å²) in [5.74, 6) is 1.80.